The van der Waals surface area contributed by atoms with Crippen LogP contribution in [0.3, 0.4) is 0 Å². The van der Waals surface area contributed by atoms with Gasteiger partial charge in [0.25, 0.3) is 0 Å². The second-order valence-electron chi connectivity index (χ2n) is 4.40. The van der Waals surface area contributed by atoms with E-state index in [1.807, 2.05) is 5.01 Å². The molecule has 0 spiro atoms. The highest BCUT2D eigenvalue weighted by molar-refractivity contribution is 5.80. The van der Waals surface area contributed by atoms with Gasteiger partial charge in [0.2, 0.25) is 0 Å². The predicted octanol–water partition coefficient (Wildman–Crippen LogP) is -0.738. The summed E-state index contributed by atoms with van der Waals surface area (Å²) in [7, 11) is 2.18. The van der Waals surface area contributed by atoms with Gasteiger partial charge < -0.3 is 15.1 Å². The minimum atomic E-state index is -0.114. The number of piperazine rings is 1. The average molecular weight is 236 g/mol. The Balaban J connectivity index is 1.97. The van der Waals surface area contributed by atoms with Crippen molar-refractivity contribution in [1.82, 2.24) is 5.01 Å². The molecule has 92 valence electrons. The molecule has 0 bridgehead atoms. The molecule has 1 aliphatic heterocycles. The van der Waals surface area contributed by atoms with E-state index in [9.17, 15) is 10.2 Å². The van der Waals surface area contributed by atoms with Gasteiger partial charge in [-0.25, -0.2) is 0 Å². The molecule has 0 amide bonds. The number of nitrogens with one attached hydrogen (secondary N) is 1. The molecule has 0 unspecified atom stereocenters. The second-order valence-corrected chi connectivity index (χ2v) is 4.40. The molecular formula is C12H18N3O2+. The smallest absolute Gasteiger partial charge is 0.158 e. The lowest BCUT2D eigenvalue weighted by atomic mass is 10.2. The predicted molar refractivity (Wildman–Crippen MR) is 65.6 cm³/mol. The fraction of sp³-hybridized carbons (Fsp3) is 0.417. The van der Waals surface area contributed by atoms with Crippen LogP contribution < -0.4 is 4.90 Å². The molecule has 3 N–H and O–H groups in total. The van der Waals surface area contributed by atoms with Crippen molar-refractivity contribution in [2.45, 2.75) is 0 Å². The number of hydrogen-bond acceptors (Lipinski definition) is 4. The molecule has 1 fully saturated rings. The molecule has 1 aromatic carbocycles. The van der Waals surface area contributed by atoms with Crippen LogP contribution in [-0.2, 0) is 0 Å². The van der Waals surface area contributed by atoms with Crippen LogP contribution in [0.1, 0.15) is 5.56 Å². The zero-order valence-corrected chi connectivity index (χ0v) is 9.93. The Hall–Kier alpha value is -1.75. The van der Waals surface area contributed by atoms with Crippen molar-refractivity contribution in [2.24, 2.45) is 5.10 Å². The maximum Gasteiger partial charge on any atom is 0.158 e. The Bertz CT molecular complexity index is 412. The van der Waals surface area contributed by atoms with Crippen LogP contribution in [-0.4, -0.2) is 54.7 Å². The molecular weight excluding hydrogens is 218 g/mol. The van der Waals surface area contributed by atoms with E-state index < -0.39 is 0 Å². The highest BCUT2D eigenvalue weighted by Crippen LogP contribution is 2.23. The van der Waals surface area contributed by atoms with Crippen molar-refractivity contribution >= 4 is 6.21 Å². The maximum absolute atomic E-state index is 9.34. The molecule has 0 radical (unpaired) electrons. The number of rotatable bonds is 2. The molecule has 1 aromatic rings. The highest BCUT2D eigenvalue weighted by Gasteiger charge is 2.13. The number of aromatic hydroxyl groups is 2. The van der Waals surface area contributed by atoms with Crippen molar-refractivity contribution in [3.8, 4) is 11.5 Å². The summed E-state index contributed by atoms with van der Waals surface area (Å²) in [5.41, 5.74) is 0.784. The quantitative estimate of drug-likeness (QED) is 0.468. The molecule has 0 saturated carbocycles. The molecule has 0 aliphatic carbocycles. The zero-order chi connectivity index (χ0) is 12.3. The monoisotopic (exact) mass is 236 g/mol. The number of nitrogens with zero attached hydrogens (tertiary/aromatic N) is 2. The summed E-state index contributed by atoms with van der Waals surface area (Å²) in [6, 6.07) is 4.69. The summed E-state index contributed by atoms with van der Waals surface area (Å²) in [6.07, 6.45) is 1.71. The van der Waals surface area contributed by atoms with Crippen molar-refractivity contribution in [1.29, 1.82) is 0 Å². The Morgan fingerprint density at radius 3 is 2.59 bits per heavy atom. The van der Waals surface area contributed by atoms with Gasteiger partial charge in [0, 0.05) is 0 Å². The van der Waals surface area contributed by atoms with Crippen LogP contribution in [0.2, 0.25) is 0 Å². The van der Waals surface area contributed by atoms with Crippen LogP contribution in [0.4, 0.5) is 0 Å². The first-order valence-corrected chi connectivity index (χ1v) is 5.77. The van der Waals surface area contributed by atoms with Crippen LogP contribution >= 0.6 is 0 Å². The van der Waals surface area contributed by atoms with Crippen LogP contribution in [0.25, 0.3) is 0 Å². The summed E-state index contributed by atoms with van der Waals surface area (Å²) in [5, 5.41) is 24.9. The molecule has 1 heterocycles. The minimum Gasteiger partial charge on any atom is -0.504 e. The van der Waals surface area contributed by atoms with E-state index in [0.717, 1.165) is 31.7 Å². The van der Waals surface area contributed by atoms with Gasteiger partial charge >= 0.3 is 0 Å². The molecule has 1 saturated heterocycles. The third-order valence-corrected chi connectivity index (χ3v) is 2.96. The van der Waals surface area contributed by atoms with Gasteiger partial charge in [0.15, 0.2) is 11.5 Å². The number of phenols is 2. The van der Waals surface area contributed by atoms with E-state index in [1.165, 1.54) is 17.0 Å². The Kier molecular flexibility index (Phi) is 3.49. The molecule has 0 atom stereocenters. The largest absolute Gasteiger partial charge is 0.504 e. The first-order chi connectivity index (χ1) is 8.15. The summed E-state index contributed by atoms with van der Waals surface area (Å²) < 4.78 is 0. The standard InChI is InChI=1S/C12H17N3O2/c1-14-4-6-15(7-5-14)13-9-10-2-3-11(16)12(17)8-10/h2-3,8-9,16-17H,4-7H2,1H3/p+1/b13-9+. The van der Waals surface area contributed by atoms with Crippen molar-refractivity contribution in [3.05, 3.63) is 23.8 Å². The number of phenolic OH excluding ortho intramolecular Hbond substituents is 2. The van der Waals surface area contributed by atoms with Gasteiger partial charge in [-0.15, -0.1) is 0 Å². The van der Waals surface area contributed by atoms with E-state index in [4.69, 9.17) is 0 Å². The summed E-state index contributed by atoms with van der Waals surface area (Å²) in [5.74, 6) is -0.220. The lowest BCUT2D eigenvalue weighted by molar-refractivity contribution is -0.884. The number of hydrogen-bond donors (Lipinski definition) is 3. The van der Waals surface area contributed by atoms with Gasteiger partial charge in [-0.1, -0.05) is 0 Å². The molecule has 17 heavy (non-hydrogen) atoms. The van der Waals surface area contributed by atoms with Crippen LogP contribution in [0, 0.1) is 0 Å². The Labute approximate surface area is 101 Å². The summed E-state index contributed by atoms with van der Waals surface area (Å²) in [4.78, 5) is 1.53. The number of hydrazone groups is 1. The van der Waals surface area contributed by atoms with Gasteiger partial charge in [-0.05, 0) is 23.8 Å². The van der Waals surface area contributed by atoms with Crippen LogP contribution in [0.5, 0.6) is 11.5 Å². The molecule has 2 rings (SSSR count). The Morgan fingerprint density at radius 1 is 1.24 bits per heavy atom. The molecule has 5 heteroatoms. The third-order valence-electron chi connectivity index (χ3n) is 2.96. The third kappa shape index (κ3) is 3.10. The normalized spacial score (nSPS) is 17.8. The van der Waals surface area contributed by atoms with E-state index in [-0.39, 0.29) is 11.5 Å². The van der Waals surface area contributed by atoms with Crippen molar-refractivity contribution < 1.29 is 15.1 Å². The maximum atomic E-state index is 9.34. The number of likely N-dealkylation sites (N-methyl/N-ethyl adjacent to an activating group) is 1. The van der Waals surface area contributed by atoms with E-state index >= 15 is 0 Å². The van der Waals surface area contributed by atoms with Crippen LogP contribution in [0.15, 0.2) is 23.3 Å². The lowest BCUT2D eigenvalue weighted by Crippen LogP contribution is -3.11. The van der Waals surface area contributed by atoms with E-state index in [2.05, 4.69) is 12.1 Å². The SMILES string of the molecule is C[NH+]1CCN(/N=C/c2ccc(O)c(O)c2)CC1. The first-order valence-electron chi connectivity index (χ1n) is 5.77. The highest BCUT2D eigenvalue weighted by atomic mass is 16.3. The van der Waals surface area contributed by atoms with Gasteiger partial charge in [-0.2, -0.15) is 5.10 Å². The van der Waals surface area contributed by atoms with Crippen molar-refractivity contribution in [2.75, 3.05) is 33.2 Å². The fourth-order valence-corrected chi connectivity index (χ4v) is 1.76. The lowest BCUT2D eigenvalue weighted by Gasteiger charge is -2.27. The second kappa shape index (κ2) is 5.05. The fourth-order valence-electron chi connectivity index (χ4n) is 1.76. The topological polar surface area (TPSA) is 60.5 Å². The summed E-state index contributed by atoms with van der Waals surface area (Å²) in [6.45, 7) is 4.09. The molecule has 5 nitrogen and oxygen atoms in total. The minimum absolute atomic E-state index is 0.106. The summed E-state index contributed by atoms with van der Waals surface area (Å²) >= 11 is 0. The molecule has 0 aromatic heterocycles. The molecule has 1 aliphatic rings. The number of benzene rings is 1. The van der Waals surface area contributed by atoms with Gasteiger partial charge in [-0.3, -0.25) is 5.01 Å². The van der Waals surface area contributed by atoms with Gasteiger partial charge in [0.05, 0.1) is 39.4 Å². The number of quaternary nitrogens is 1. The zero-order valence-electron chi connectivity index (χ0n) is 9.93. The van der Waals surface area contributed by atoms with E-state index in [1.54, 1.807) is 12.3 Å². The van der Waals surface area contributed by atoms with E-state index in [0.29, 0.717) is 0 Å². The first kappa shape index (κ1) is 11.7. The average Bonchev–Trinajstić information content (AvgIpc) is 2.33. The van der Waals surface area contributed by atoms with Gasteiger partial charge in [0.1, 0.15) is 0 Å². The Morgan fingerprint density at radius 2 is 1.94 bits per heavy atom. The van der Waals surface area contributed by atoms with Crippen molar-refractivity contribution in [3.63, 3.8) is 0 Å².